The Morgan fingerprint density at radius 2 is 2.05 bits per heavy atom. The zero-order valence-corrected chi connectivity index (χ0v) is 13.7. The van der Waals surface area contributed by atoms with Crippen LogP contribution in [0.2, 0.25) is 0 Å². The van der Waals surface area contributed by atoms with E-state index < -0.39 is 0 Å². The van der Waals surface area contributed by atoms with Crippen molar-refractivity contribution >= 4 is 5.91 Å². The van der Waals surface area contributed by atoms with Gasteiger partial charge in [-0.3, -0.25) is 9.69 Å². The number of rotatable bonds is 6. The van der Waals surface area contributed by atoms with Crippen LogP contribution in [-0.4, -0.2) is 41.0 Å². The van der Waals surface area contributed by atoms with Gasteiger partial charge in [-0.25, -0.2) is 4.98 Å². The minimum Gasteiger partial charge on any atom is -0.353 e. The summed E-state index contributed by atoms with van der Waals surface area (Å²) in [7, 11) is 3.85. The molecule has 0 aliphatic carbocycles. The predicted molar refractivity (Wildman–Crippen MR) is 87.6 cm³/mol. The van der Waals surface area contributed by atoms with E-state index in [0.29, 0.717) is 6.54 Å². The van der Waals surface area contributed by atoms with Gasteiger partial charge in [0.05, 0.1) is 0 Å². The van der Waals surface area contributed by atoms with Gasteiger partial charge in [0.25, 0.3) is 0 Å². The van der Waals surface area contributed by atoms with E-state index >= 15 is 0 Å². The second-order valence-electron chi connectivity index (χ2n) is 5.68. The van der Waals surface area contributed by atoms with Crippen LogP contribution in [0.1, 0.15) is 23.0 Å². The number of aromatic nitrogens is 2. The number of carbonyl (C=O) groups is 1. The Labute approximate surface area is 132 Å². The first-order valence-corrected chi connectivity index (χ1v) is 7.48. The fourth-order valence-corrected chi connectivity index (χ4v) is 2.58. The molecule has 0 unspecified atom stereocenters. The number of benzene rings is 1. The van der Waals surface area contributed by atoms with Crippen LogP contribution in [0, 0.1) is 13.8 Å². The number of nitrogens with zero attached hydrogens (tertiary/aromatic N) is 3. The highest BCUT2D eigenvalue weighted by Gasteiger charge is 2.23. The van der Waals surface area contributed by atoms with Crippen molar-refractivity contribution in [1.29, 1.82) is 0 Å². The molecular weight excluding hydrogens is 276 g/mol. The summed E-state index contributed by atoms with van der Waals surface area (Å²) in [5.74, 6) is 0.981. The van der Waals surface area contributed by atoms with Crippen LogP contribution < -0.4 is 5.32 Å². The maximum absolute atomic E-state index is 12.6. The van der Waals surface area contributed by atoms with Crippen molar-refractivity contribution in [3.8, 4) is 0 Å². The van der Waals surface area contributed by atoms with E-state index in [2.05, 4.69) is 10.3 Å². The predicted octanol–water partition coefficient (Wildman–Crippen LogP) is 1.92. The van der Waals surface area contributed by atoms with Crippen molar-refractivity contribution in [1.82, 2.24) is 19.8 Å². The van der Waals surface area contributed by atoms with Crippen LogP contribution in [-0.2, 0) is 11.3 Å². The van der Waals surface area contributed by atoms with Crippen LogP contribution in [0.25, 0.3) is 0 Å². The first-order valence-electron chi connectivity index (χ1n) is 7.48. The molecule has 0 spiro atoms. The second-order valence-corrected chi connectivity index (χ2v) is 5.68. The minimum absolute atomic E-state index is 0.0251. The lowest BCUT2D eigenvalue weighted by Gasteiger charge is -2.25. The summed E-state index contributed by atoms with van der Waals surface area (Å²) in [6, 6.07) is 7.74. The van der Waals surface area contributed by atoms with Crippen LogP contribution in [0.3, 0.4) is 0 Å². The van der Waals surface area contributed by atoms with Gasteiger partial charge >= 0.3 is 0 Å². The highest BCUT2D eigenvalue weighted by Crippen LogP contribution is 2.21. The number of carbonyl (C=O) groups excluding carboxylic acids is 1. The van der Waals surface area contributed by atoms with E-state index in [1.54, 1.807) is 6.20 Å². The standard InChI is InChI=1S/C17H24N4O/c1-13-7-5-6-8-15(13)16(20(3)4)17(22)19-10-12-21-11-9-18-14(21)2/h5-9,11,16H,10,12H2,1-4H3,(H,19,22)/t16-/m0/s1. The molecule has 5 heteroatoms. The van der Waals surface area contributed by atoms with Gasteiger partial charge in [0, 0.05) is 25.5 Å². The minimum atomic E-state index is -0.273. The van der Waals surface area contributed by atoms with Crippen molar-refractivity contribution < 1.29 is 4.79 Å². The van der Waals surface area contributed by atoms with Crippen LogP contribution in [0.5, 0.6) is 0 Å². The Hall–Kier alpha value is -2.14. The number of likely N-dealkylation sites (N-methyl/N-ethyl adjacent to an activating group) is 1. The Morgan fingerprint density at radius 3 is 2.64 bits per heavy atom. The molecule has 1 N–H and O–H groups in total. The lowest BCUT2D eigenvalue weighted by atomic mass is 10.00. The number of hydrogen-bond donors (Lipinski definition) is 1. The van der Waals surface area contributed by atoms with Gasteiger partial charge in [-0.05, 0) is 39.1 Å². The molecule has 0 fully saturated rings. The van der Waals surface area contributed by atoms with E-state index in [0.717, 1.165) is 23.5 Å². The van der Waals surface area contributed by atoms with Crippen LogP contribution >= 0.6 is 0 Å². The monoisotopic (exact) mass is 300 g/mol. The molecule has 0 aliphatic rings. The summed E-state index contributed by atoms with van der Waals surface area (Å²) in [4.78, 5) is 18.7. The van der Waals surface area contributed by atoms with Crippen LogP contribution in [0.4, 0.5) is 0 Å². The molecule has 0 bridgehead atoms. The molecule has 5 nitrogen and oxygen atoms in total. The lowest BCUT2D eigenvalue weighted by molar-refractivity contribution is -0.125. The van der Waals surface area contributed by atoms with Gasteiger partial charge in [-0.2, -0.15) is 0 Å². The van der Waals surface area contributed by atoms with E-state index in [9.17, 15) is 4.79 Å². The molecule has 22 heavy (non-hydrogen) atoms. The van der Waals surface area contributed by atoms with Crippen molar-refractivity contribution in [2.75, 3.05) is 20.6 Å². The van der Waals surface area contributed by atoms with E-state index in [1.807, 2.05) is 67.9 Å². The SMILES string of the molecule is Cc1ccccc1[C@@H](C(=O)NCCn1ccnc1C)N(C)C. The Kier molecular flexibility index (Phi) is 5.33. The molecule has 1 amide bonds. The summed E-state index contributed by atoms with van der Waals surface area (Å²) < 4.78 is 2.03. The van der Waals surface area contributed by atoms with E-state index in [4.69, 9.17) is 0 Å². The fourth-order valence-electron chi connectivity index (χ4n) is 2.58. The van der Waals surface area contributed by atoms with E-state index in [-0.39, 0.29) is 11.9 Å². The molecule has 1 aromatic carbocycles. The average Bonchev–Trinajstić information content (AvgIpc) is 2.86. The van der Waals surface area contributed by atoms with Crippen molar-refractivity contribution in [3.63, 3.8) is 0 Å². The zero-order valence-electron chi connectivity index (χ0n) is 13.7. The molecule has 118 valence electrons. The molecule has 2 rings (SSSR count). The fraction of sp³-hybridized carbons (Fsp3) is 0.412. The molecule has 0 radical (unpaired) electrons. The Balaban J connectivity index is 2.02. The summed E-state index contributed by atoms with van der Waals surface area (Å²) >= 11 is 0. The van der Waals surface area contributed by atoms with Gasteiger partial charge in [0.1, 0.15) is 11.9 Å². The van der Waals surface area contributed by atoms with Gasteiger partial charge in [0.15, 0.2) is 0 Å². The lowest BCUT2D eigenvalue weighted by Crippen LogP contribution is -2.38. The van der Waals surface area contributed by atoms with Gasteiger partial charge in [-0.1, -0.05) is 24.3 Å². The molecule has 2 aromatic rings. The zero-order chi connectivity index (χ0) is 16.1. The largest absolute Gasteiger partial charge is 0.353 e. The Bertz CT molecular complexity index is 633. The summed E-state index contributed by atoms with van der Waals surface area (Å²) in [6.45, 7) is 5.31. The quantitative estimate of drug-likeness (QED) is 0.887. The molecule has 1 aromatic heterocycles. The number of nitrogens with one attached hydrogen (secondary N) is 1. The van der Waals surface area contributed by atoms with Crippen LogP contribution in [0.15, 0.2) is 36.7 Å². The Morgan fingerprint density at radius 1 is 1.32 bits per heavy atom. The van der Waals surface area contributed by atoms with Gasteiger partial charge in [0.2, 0.25) is 5.91 Å². The molecule has 0 saturated carbocycles. The summed E-state index contributed by atoms with van der Waals surface area (Å²) in [5.41, 5.74) is 2.17. The molecule has 0 saturated heterocycles. The topological polar surface area (TPSA) is 50.2 Å². The summed E-state index contributed by atoms with van der Waals surface area (Å²) in [5, 5.41) is 3.03. The van der Waals surface area contributed by atoms with E-state index in [1.165, 1.54) is 0 Å². The number of imidazole rings is 1. The van der Waals surface area contributed by atoms with Gasteiger partial charge < -0.3 is 9.88 Å². The first-order chi connectivity index (χ1) is 10.5. The maximum Gasteiger partial charge on any atom is 0.242 e. The number of hydrogen-bond acceptors (Lipinski definition) is 3. The average molecular weight is 300 g/mol. The third-order valence-electron chi connectivity index (χ3n) is 3.82. The van der Waals surface area contributed by atoms with Gasteiger partial charge in [-0.15, -0.1) is 0 Å². The normalized spacial score (nSPS) is 12.4. The third kappa shape index (κ3) is 3.74. The van der Waals surface area contributed by atoms with Crippen molar-refractivity contribution in [2.24, 2.45) is 0 Å². The van der Waals surface area contributed by atoms with Crippen molar-refractivity contribution in [2.45, 2.75) is 26.4 Å². The number of aryl methyl sites for hydroxylation is 2. The smallest absolute Gasteiger partial charge is 0.242 e. The molecule has 0 aliphatic heterocycles. The van der Waals surface area contributed by atoms with Crippen molar-refractivity contribution in [3.05, 3.63) is 53.6 Å². The summed E-state index contributed by atoms with van der Waals surface area (Å²) in [6.07, 6.45) is 3.69. The highest BCUT2D eigenvalue weighted by atomic mass is 16.2. The molecular formula is C17H24N4O. The first kappa shape index (κ1) is 16.2. The second kappa shape index (κ2) is 7.22. The third-order valence-corrected chi connectivity index (χ3v) is 3.82. The molecule has 1 heterocycles. The molecule has 1 atom stereocenters. The number of amides is 1. The maximum atomic E-state index is 12.6. The highest BCUT2D eigenvalue weighted by molar-refractivity contribution is 5.83.